The van der Waals surface area contributed by atoms with E-state index in [1.807, 2.05) is 0 Å². The fraction of sp³-hybridized carbons (Fsp3) is 0.400. The molecular weight excluding hydrogens is 207 g/mol. The van der Waals surface area contributed by atoms with Crippen LogP contribution in [0.15, 0.2) is 12.1 Å². The summed E-state index contributed by atoms with van der Waals surface area (Å²) in [6, 6.07) is 2.61. The zero-order valence-corrected chi connectivity index (χ0v) is 8.48. The molecule has 0 spiro atoms. The van der Waals surface area contributed by atoms with Gasteiger partial charge in [0.15, 0.2) is 0 Å². The molecule has 1 rings (SSSR count). The third-order valence-electron chi connectivity index (χ3n) is 2.08. The van der Waals surface area contributed by atoms with Crippen LogP contribution in [0.4, 0.5) is 13.2 Å². The average molecular weight is 219 g/mol. The molecule has 0 radical (unpaired) electrons. The summed E-state index contributed by atoms with van der Waals surface area (Å²) in [5.74, 6) is 0.185. The van der Waals surface area contributed by atoms with Crippen LogP contribution in [0.1, 0.15) is 16.7 Å². The first-order valence-electron chi connectivity index (χ1n) is 4.35. The lowest BCUT2D eigenvalue weighted by Gasteiger charge is -2.16. The second kappa shape index (κ2) is 4.10. The molecule has 1 aromatic rings. The van der Waals surface area contributed by atoms with Gasteiger partial charge in [0.1, 0.15) is 5.75 Å². The highest BCUT2D eigenvalue weighted by Crippen LogP contribution is 2.36. The molecule has 0 aliphatic rings. The summed E-state index contributed by atoms with van der Waals surface area (Å²) in [5, 5.41) is 0. The SMILES string of the molecule is COc1cc(C)cc(C(F)(F)F)c1CN. The number of hydrogen-bond acceptors (Lipinski definition) is 2. The zero-order valence-electron chi connectivity index (χ0n) is 8.48. The van der Waals surface area contributed by atoms with Crippen LogP contribution in [0.25, 0.3) is 0 Å². The molecule has 0 atom stereocenters. The summed E-state index contributed by atoms with van der Waals surface area (Å²) < 4.78 is 42.7. The number of rotatable bonds is 2. The van der Waals surface area contributed by atoms with Crippen LogP contribution in [0, 0.1) is 6.92 Å². The quantitative estimate of drug-likeness (QED) is 0.829. The zero-order chi connectivity index (χ0) is 11.6. The van der Waals surface area contributed by atoms with Crippen molar-refractivity contribution in [2.45, 2.75) is 19.6 Å². The summed E-state index contributed by atoms with van der Waals surface area (Å²) in [6.45, 7) is 1.39. The Kier molecular flexibility index (Phi) is 3.24. The molecule has 1 aromatic carbocycles. The summed E-state index contributed by atoms with van der Waals surface area (Å²) >= 11 is 0. The van der Waals surface area contributed by atoms with E-state index in [4.69, 9.17) is 10.5 Å². The van der Waals surface area contributed by atoms with Gasteiger partial charge in [-0.05, 0) is 24.6 Å². The van der Waals surface area contributed by atoms with E-state index >= 15 is 0 Å². The van der Waals surface area contributed by atoms with Gasteiger partial charge in [-0.15, -0.1) is 0 Å². The van der Waals surface area contributed by atoms with E-state index in [9.17, 15) is 13.2 Å². The molecule has 0 bridgehead atoms. The number of alkyl halides is 3. The highest BCUT2D eigenvalue weighted by atomic mass is 19.4. The monoisotopic (exact) mass is 219 g/mol. The van der Waals surface area contributed by atoms with Gasteiger partial charge in [-0.3, -0.25) is 0 Å². The van der Waals surface area contributed by atoms with E-state index in [1.165, 1.54) is 13.2 Å². The van der Waals surface area contributed by atoms with Crippen molar-refractivity contribution >= 4 is 0 Å². The Balaban J connectivity index is 3.42. The molecule has 0 aliphatic heterocycles. The first-order chi connectivity index (χ1) is 6.90. The third-order valence-corrected chi connectivity index (χ3v) is 2.08. The number of aryl methyl sites for hydroxylation is 1. The van der Waals surface area contributed by atoms with Gasteiger partial charge in [-0.1, -0.05) is 0 Å². The van der Waals surface area contributed by atoms with Crippen molar-refractivity contribution in [3.63, 3.8) is 0 Å². The largest absolute Gasteiger partial charge is 0.496 e. The Labute approximate surface area is 85.8 Å². The Morgan fingerprint density at radius 1 is 1.33 bits per heavy atom. The maximum Gasteiger partial charge on any atom is 0.416 e. The molecule has 2 nitrogen and oxygen atoms in total. The van der Waals surface area contributed by atoms with Crippen molar-refractivity contribution in [2.75, 3.05) is 7.11 Å². The van der Waals surface area contributed by atoms with Crippen molar-refractivity contribution in [3.05, 3.63) is 28.8 Å². The van der Waals surface area contributed by atoms with Crippen molar-refractivity contribution in [3.8, 4) is 5.75 Å². The molecule has 84 valence electrons. The molecule has 0 aromatic heterocycles. The smallest absolute Gasteiger partial charge is 0.416 e. The van der Waals surface area contributed by atoms with E-state index in [-0.39, 0.29) is 17.9 Å². The Morgan fingerprint density at radius 2 is 1.93 bits per heavy atom. The molecule has 0 saturated heterocycles. The maximum absolute atomic E-state index is 12.6. The first-order valence-corrected chi connectivity index (χ1v) is 4.35. The summed E-state index contributed by atoms with van der Waals surface area (Å²) in [5.41, 5.74) is 5.07. The minimum Gasteiger partial charge on any atom is -0.496 e. The van der Waals surface area contributed by atoms with Crippen LogP contribution in [0.3, 0.4) is 0 Å². The van der Waals surface area contributed by atoms with Crippen LogP contribution >= 0.6 is 0 Å². The van der Waals surface area contributed by atoms with Crippen LogP contribution in [-0.2, 0) is 12.7 Å². The molecule has 0 heterocycles. The lowest BCUT2D eigenvalue weighted by Crippen LogP contribution is -2.13. The topological polar surface area (TPSA) is 35.2 Å². The Morgan fingerprint density at radius 3 is 2.33 bits per heavy atom. The normalized spacial score (nSPS) is 11.6. The van der Waals surface area contributed by atoms with Crippen LogP contribution in [0.2, 0.25) is 0 Å². The number of hydrogen-bond donors (Lipinski definition) is 1. The predicted octanol–water partition coefficient (Wildman–Crippen LogP) is 2.48. The molecule has 0 amide bonds. The van der Waals surface area contributed by atoms with Crippen molar-refractivity contribution in [1.82, 2.24) is 0 Å². The second-order valence-electron chi connectivity index (χ2n) is 3.20. The first kappa shape index (κ1) is 11.8. The number of nitrogens with two attached hydrogens (primary N) is 1. The van der Waals surface area contributed by atoms with Gasteiger partial charge in [0.25, 0.3) is 0 Å². The van der Waals surface area contributed by atoms with E-state index < -0.39 is 11.7 Å². The average Bonchev–Trinajstić information content (AvgIpc) is 2.15. The molecule has 0 fully saturated rings. The van der Waals surface area contributed by atoms with Crippen LogP contribution in [-0.4, -0.2) is 7.11 Å². The van der Waals surface area contributed by atoms with Gasteiger partial charge >= 0.3 is 6.18 Å². The molecule has 0 unspecified atom stereocenters. The Hall–Kier alpha value is -1.23. The third kappa shape index (κ3) is 2.41. The minimum absolute atomic E-state index is 0.00407. The van der Waals surface area contributed by atoms with Gasteiger partial charge < -0.3 is 10.5 Å². The van der Waals surface area contributed by atoms with Gasteiger partial charge in [0.05, 0.1) is 12.7 Å². The van der Waals surface area contributed by atoms with E-state index in [0.29, 0.717) is 5.56 Å². The predicted molar refractivity (Wildman–Crippen MR) is 50.6 cm³/mol. The van der Waals surface area contributed by atoms with E-state index in [1.54, 1.807) is 6.92 Å². The molecule has 5 heteroatoms. The van der Waals surface area contributed by atoms with Gasteiger partial charge in [0.2, 0.25) is 0 Å². The molecular formula is C10H12F3NO. The van der Waals surface area contributed by atoms with Crippen molar-refractivity contribution in [2.24, 2.45) is 5.73 Å². The highest BCUT2D eigenvalue weighted by Gasteiger charge is 2.34. The summed E-state index contributed by atoms with van der Waals surface area (Å²) in [7, 11) is 1.33. The molecule has 15 heavy (non-hydrogen) atoms. The fourth-order valence-corrected chi connectivity index (χ4v) is 1.43. The lowest BCUT2D eigenvalue weighted by atomic mass is 10.0. The molecule has 2 N–H and O–H groups in total. The van der Waals surface area contributed by atoms with Crippen LogP contribution in [0.5, 0.6) is 5.75 Å². The summed E-state index contributed by atoms with van der Waals surface area (Å²) in [4.78, 5) is 0. The number of benzene rings is 1. The number of halogens is 3. The number of ether oxygens (including phenoxy) is 1. The van der Waals surface area contributed by atoms with E-state index in [2.05, 4.69) is 0 Å². The maximum atomic E-state index is 12.6. The second-order valence-corrected chi connectivity index (χ2v) is 3.20. The van der Waals surface area contributed by atoms with Crippen molar-refractivity contribution in [1.29, 1.82) is 0 Å². The van der Waals surface area contributed by atoms with Gasteiger partial charge in [-0.25, -0.2) is 0 Å². The Bertz CT molecular complexity index is 360. The van der Waals surface area contributed by atoms with Crippen LogP contribution < -0.4 is 10.5 Å². The van der Waals surface area contributed by atoms with Gasteiger partial charge in [-0.2, -0.15) is 13.2 Å². The number of methoxy groups -OCH3 is 1. The fourth-order valence-electron chi connectivity index (χ4n) is 1.43. The highest BCUT2D eigenvalue weighted by molar-refractivity contribution is 5.44. The lowest BCUT2D eigenvalue weighted by molar-refractivity contribution is -0.138. The van der Waals surface area contributed by atoms with Crippen molar-refractivity contribution < 1.29 is 17.9 Å². The molecule has 0 saturated carbocycles. The van der Waals surface area contributed by atoms with E-state index in [0.717, 1.165) is 6.07 Å². The molecule has 0 aliphatic carbocycles. The minimum atomic E-state index is -4.39. The standard InChI is InChI=1S/C10H12F3NO/c1-6-3-8(10(11,12)13)7(5-14)9(4-6)15-2/h3-4H,5,14H2,1-2H3. The van der Waals surface area contributed by atoms with Gasteiger partial charge in [0, 0.05) is 12.1 Å². The summed E-state index contributed by atoms with van der Waals surface area (Å²) in [6.07, 6.45) is -4.39.